The highest BCUT2D eigenvalue weighted by atomic mass is 16.4. The van der Waals surface area contributed by atoms with Gasteiger partial charge >= 0.3 is 5.97 Å². The molecular formula is C15H18N4O2. The van der Waals surface area contributed by atoms with Crippen molar-refractivity contribution in [2.45, 2.75) is 26.2 Å². The highest BCUT2D eigenvalue weighted by molar-refractivity contribution is 5.86. The van der Waals surface area contributed by atoms with Crippen LogP contribution in [0.15, 0.2) is 24.3 Å². The maximum Gasteiger partial charge on any atom is 0.358 e. The van der Waals surface area contributed by atoms with Crippen molar-refractivity contribution in [3.8, 4) is 5.69 Å². The summed E-state index contributed by atoms with van der Waals surface area (Å²) >= 11 is 0. The SMILES string of the molecule is Cc1c(C(=O)O)nnn1-c1ccc(N2CCCCC2)cc1. The van der Waals surface area contributed by atoms with Crippen LogP contribution in [0, 0.1) is 6.92 Å². The largest absolute Gasteiger partial charge is 0.476 e. The molecule has 6 nitrogen and oxygen atoms in total. The number of nitrogens with zero attached hydrogens (tertiary/aromatic N) is 4. The van der Waals surface area contributed by atoms with Crippen LogP contribution in [-0.4, -0.2) is 39.2 Å². The van der Waals surface area contributed by atoms with Gasteiger partial charge in [0.15, 0.2) is 5.69 Å². The third kappa shape index (κ3) is 2.61. The molecule has 0 bridgehead atoms. The number of aromatic carboxylic acids is 1. The van der Waals surface area contributed by atoms with E-state index in [2.05, 4.69) is 27.3 Å². The minimum Gasteiger partial charge on any atom is -0.476 e. The third-order valence-corrected chi connectivity index (χ3v) is 3.91. The Morgan fingerprint density at radius 2 is 1.71 bits per heavy atom. The van der Waals surface area contributed by atoms with Crippen LogP contribution in [0.2, 0.25) is 0 Å². The Hall–Kier alpha value is -2.37. The number of hydrogen-bond donors (Lipinski definition) is 1. The van der Waals surface area contributed by atoms with E-state index in [1.54, 1.807) is 11.6 Å². The van der Waals surface area contributed by atoms with E-state index >= 15 is 0 Å². The van der Waals surface area contributed by atoms with Crippen molar-refractivity contribution in [2.75, 3.05) is 18.0 Å². The first-order valence-electron chi connectivity index (χ1n) is 7.18. The predicted octanol–water partition coefficient (Wildman–Crippen LogP) is 2.26. The quantitative estimate of drug-likeness (QED) is 0.937. The number of carboxylic acids is 1. The second kappa shape index (κ2) is 5.55. The number of carboxylic acid groups (broad SMARTS) is 1. The van der Waals surface area contributed by atoms with E-state index in [1.807, 2.05) is 12.1 Å². The highest BCUT2D eigenvalue weighted by Gasteiger charge is 2.16. The molecule has 3 rings (SSSR count). The van der Waals surface area contributed by atoms with Crippen molar-refractivity contribution in [3.05, 3.63) is 35.7 Å². The minimum atomic E-state index is -1.05. The van der Waals surface area contributed by atoms with Crippen LogP contribution in [0.25, 0.3) is 5.69 Å². The summed E-state index contributed by atoms with van der Waals surface area (Å²) in [6, 6.07) is 8.03. The number of benzene rings is 1. The average Bonchev–Trinajstić information content (AvgIpc) is 2.90. The summed E-state index contributed by atoms with van der Waals surface area (Å²) in [4.78, 5) is 13.4. The molecule has 0 atom stereocenters. The second-order valence-corrected chi connectivity index (χ2v) is 5.30. The first kappa shape index (κ1) is 13.6. The Morgan fingerprint density at radius 3 is 2.29 bits per heavy atom. The Balaban J connectivity index is 1.85. The van der Waals surface area contributed by atoms with Gasteiger partial charge in [-0.3, -0.25) is 0 Å². The number of anilines is 1. The average molecular weight is 286 g/mol. The summed E-state index contributed by atoms with van der Waals surface area (Å²) in [6.45, 7) is 3.91. The standard InChI is InChI=1S/C15H18N4O2/c1-11-14(15(20)21)16-17-19(11)13-7-5-12(6-8-13)18-9-3-2-4-10-18/h5-8H,2-4,9-10H2,1H3,(H,20,21). The molecule has 0 amide bonds. The third-order valence-electron chi connectivity index (χ3n) is 3.91. The van der Waals surface area contributed by atoms with E-state index in [1.165, 1.54) is 24.9 Å². The Labute approximate surface area is 123 Å². The number of aromatic nitrogens is 3. The first-order chi connectivity index (χ1) is 10.2. The molecule has 0 unspecified atom stereocenters. The van der Waals surface area contributed by atoms with Crippen LogP contribution in [0.1, 0.15) is 35.4 Å². The lowest BCUT2D eigenvalue weighted by Crippen LogP contribution is -2.29. The van der Waals surface area contributed by atoms with Gasteiger partial charge in [0, 0.05) is 18.8 Å². The van der Waals surface area contributed by atoms with Crippen LogP contribution in [0.4, 0.5) is 5.69 Å². The normalized spacial score (nSPS) is 15.2. The molecule has 0 spiro atoms. The van der Waals surface area contributed by atoms with E-state index in [-0.39, 0.29) is 5.69 Å². The molecule has 1 aliphatic rings. The van der Waals surface area contributed by atoms with Gasteiger partial charge in [-0.25, -0.2) is 9.48 Å². The molecule has 21 heavy (non-hydrogen) atoms. The zero-order valence-electron chi connectivity index (χ0n) is 12.0. The summed E-state index contributed by atoms with van der Waals surface area (Å²) in [7, 11) is 0. The van der Waals surface area contributed by atoms with E-state index in [4.69, 9.17) is 5.11 Å². The molecule has 0 aliphatic carbocycles. The van der Waals surface area contributed by atoms with Gasteiger partial charge in [-0.05, 0) is 50.5 Å². The van der Waals surface area contributed by atoms with E-state index in [0.717, 1.165) is 18.8 Å². The van der Waals surface area contributed by atoms with Crippen molar-refractivity contribution in [3.63, 3.8) is 0 Å². The van der Waals surface area contributed by atoms with Crippen LogP contribution in [-0.2, 0) is 0 Å². The fourth-order valence-corrected chi connectivity index (χ4v) is 2.73. The Morgan fingerprint density at radius 1 is 1.10 bits per heavy atom. The summed E-state index contributed by atoms with van der Waals surface area (Å²) < 4.78 is 1.56. The molecule has 6 heteroatoms. The zero-order chi connectivity index (χ0) is 14.8. The Kier molecular flexibility index (Phi) is 3.60. The van der Waals surface area contributed by atoms with Gasteiger partial charge in [0.1, 0.15) is 0 Å². The van der Waals surface area contributed by atoms with Gasteiger partial charge in [0.25, 0.3) is 0 Å². The smallest absolute Gasteiger partial charge is 0.358 e. The van der Waals surface area contributed by atoms with Crippen LogP contribution in [0.5, 0.6) is 0 Å². The van der Waals surface area contributed by atoms with Crippen molar-refractivity contribution in [2.24, 2.45) is 0 Å². The molecule has 110 valence electrons. The number of hydrogen-bond acceptors (Lipinski definition) is 4. The fraction of sp³-hybridized carbons (Fsp3) is 0.400. The van der Waals surface area contributed by atoms with Gasteiger partial charge in [-0.15, -0.1) is 5.10 Å². The Bertz CT molecular complexity index is 642. The van der Waals surface area contributed by atoms with Gasteiger partial charge < -0.3 is 10.0 Å². The summed E-state index contributed by atoms with van der Waals surface area (Å²) in [6.07, 6.45) is 3.79. The monoisotopic (exact) mass is 286 g/mol. The molecule has 1 aromatic heterocycles. The van der Waals surface area contributed by atoms with Gasteiger partial charge in [-0.2, -0.15) is 0 Å². The molecule has 1 aromatic carbocycles. The molecule has 1 N–H and O–H groups in total. The molecule has 2 heterocycles. The second-order valence-electron chi connectivity index (χ2n) is 5.30. The topological polar surface area (TPSA) is 71.2 Å². The lowest BCUT2D eigenvalue weighted by Gasteiger charge is -2.28. The fourth-order valence-electron chi connectivity index (χ4n) is 2.73. The van der Waals surface area contributed by atoms with E-state index < -0.39 is 5.97 Å². The molecule has 1 fully saturated rings. The van der Waals surface area contributed by atoms with Gasteiger partial charge in [0.05, 0.1) is 11.4 Å². The summed E-state index contributed by atoms with van der Waals surface area (Å²) in [5.74, 6) is -1.05. The molecule has 2 aromatic rings. The molecule has 1 aliphatic heterocycles. The predicted molar refractivity (Wildman–Crippen MR) is 79.1 cm³/mol. The lowest BCUT2D eigenvalue weighted by molar-refractivity contribution is 0.0689. The highest BCUT2D eigenvalue weighted by Crippen LogP contribution is 2.22. The minimum absolute atomic E-state index is 0.00453. The molecule has 0 saturated carbocycles. The lowest BCUT2D eigenvalue weighted by atomic mass is 10.1. The zero-order valence-corrected chi connectivity index (χ0v) is 12.0. The van der Waals surface area contributed by atoms with Crippen molar-refractivity contribution >= 4 is 11.7 Å². The van der Waals surface area contributed by atoms with Crippen molar-refractivity contribution in [1.29, 1.82) is 0 Å². The molecular weight excluding hydrogens is 268 g/mol. The van der Waals surface area contributed by atoms with E-state index in [9.17, 15) is 4.79 Å². The maximum absolute atomic E-state index is 11.0. The van der Waals surface area contributed by atoms with Gasteiger partial charge in [-0.1, -0.05) is 5.21 Å². The van der Waals surface area contributed by atoms with Gasteiger partial charge in [0.2, 0.25) is 0 Å². The first-order valence-corrected chi connectivity index (χ1v) is 7.18. The number of piperidine rings is 1. The number of rotatable bonds is 3. The van der Waals surface area contributed by atoms with E-state index in [0.29, 0.717) is 5.69 Å². The van der Waals surface area contributed by atoms with Crippen LogP contribution in [0.3, 0.4) is 0 Å². The van der Waals surface area contributed by atoms with Crippen LogP contribution >= 0.6 is 0 Å². The summed E-state index contributed by atoms with van der Waals surface area (Å²) in [5.41, 5.74) is 2.56. The molecule has 0 radical (unpaired) electrons. The maximum atomic E-state index is 11.0. The summed E-state index contributed by atoms with van der Waals surface area (Å²) in [5, 5.41) is 16.6. The number of carbonyl (C=O) groups is 1. The van der Waals surface area contributed by atoms with Crippen molar-refractivity contribution in [1.82, 2.24) is 15.0 Å². The van der Waals surface area contributed by atoms with Crippen molar-refractivity contribution < 1.29 is 9.90 Å². The van der Waals surface area contributed by atoms with Crippen LogP contribution < -0.4 is 4.90 Å². The molecule has 1 saturated heterocycles.